The smallest absolute Gasteiger partial charge is 0.191 e. The number of hydrogen-bond acceptors (Lipinski definition) is 5. The Labute approximate surface area is 175 Å². The van der Waals surface area contributed by atoms with Crippen LogP contribution >= 0.6 is 0 Å². The first-order chi connectivity index (χ1) is 14.3. The van der Waals surface area contributed by atoms with Crippen LogP contribution in [0.1, 0.15) is 26.2 Å². The summed E-state index contributed by atoms with van der Waals surface area (Å²) < 4.78 is 16.6. The number of guanidine groups is 1. The van der Waals surface area contributed by atoms with Gasteiger partial charge in [0.25, 0.3) is 0 Å². The lowest BCUT2D eigenvalue weighted by atomic mass is 10.1. The van der Waals surface area contributed by atoms with E-state index in [1.165, 1.54) is 5.69 Å². The molecule has 1 heterocycles. The summed E-state index contributed by atoms with van der Waals surface area (Å²) >= 11 is 0. The molecular formula is C22H38N4O3. The molecule has 29 heavy (non-hydrogen) atoms. The van der Waals surface area contributed by atoms with Gasteiger partial charge in [-0.2, -0.15) is 0 Å². The fourth-order valence-electron chi connectivity index (χ4n) is 3.38. The fourth-order valence-corrected chi connectivity index (χ4v) is 3.38. The molecular weight excluding hydrogens is 368 g/mol. The van der Waals surface area contributed by atoms with E-state index in [4.69, 9.17) is 14.2 Å². The van der Waals surface area contributed by atoms with E-state index in [-0.39, 0.29) is 0 Å². The lowest BCUT2D eigenvalue weighted by Gasteiger charge is -2.21. The normalized spacial score (nSPS) is 16.9. The van der Waals surface area contributed by atoms with Gasteiger partial charge in [0.05, 0.1) is 32.6 Å². The van der Waals surface area contributed by atoms with Crippen LogP contribution in [0.25, 0.3) is 0 Å². The number of aliphatic imine (C=N–C) groups is 1. The van der Waals surface area contributed by atoms with Gasteiger partial charge in [0.2, 0.25) is 0 Å². The van der Waals surface area contributed by atoms with Crippen LogP contribution < -0.4 is 20.3 Å². The van der Waals surface area contributed by atoms with Crippen LogP contribution in [0.15, 0.2) is 29.3 Å². The molecule has 2 N–H and O–H groups in total. The number of anilines is 1. The molecule has 0 amide bonds. The minimum atomic E-state index is 0.579. The van der Waals surface area contributed by atoms with Crippen molar-refractivity contribution in [2.45, 2.75) is 26.2 Å². The number of unbranched alkanes of at least 4 members (excludes halogenated alkanes) is 1. The third-order valence-electron chi connectivity index (χ3n) is 5.05. The standard InChI is InChI=1S/C22H38N4O3/c1-4-5-13-28-15-16-29-14-11-24-22(23-2)25-17-19-10-12-26(18-19)20-8-6-7-9-21(20)27-3/h6-9,19H,4-5,10-18H2,1-3H3,(H2,23,24,25). The highest BCUT2D eigenvalue weighted by atomic mass is 16.5. The summed E-state index contributed by atoms with van der Waals surface area (Å²) in [5.41, 5.74) is 1.18. The number of nitrogens with zero attached hydrogens (tertiary/aromatic N) is 2. The Morgan fingerprint density at radius 1 is 1.14 bits per heavy atom. The van der Waals surface area contributed by atoms with Crippen LogP contribution in [0.3, 0.4) is 0 Å². The monoisotopic (exact) mass is 406 g/mol. The summed E-state index contributed by atoms with van der Waals surface area (Å²) in [5.74, 6) is 2.34. The molecule has 1 atom stereocenters. The number of nitrogens with one attached hydrogen (secondary N) is 2. The Hall–Kier alpha value is -1.99. The zero-order valence-electron chi connectivity index (χ0n) is 18.3. The van der Waals surface area contributed by atoms with E-state index in [0.717, 1.165) is 63.8 Å². The van der Waals surface area contributed by atoms with Crippen molar-refractivity contribution in [1.29, 1.82) is 0 Å². The minimum absolute atomic E-state index is 0.579. The van der Waals surface area contributed by atoms with E-state index in [2.05, 4.69) is 39.6 Å². The second kappa shape index (κ2) is 14.1. The topological polar surface area (TPSA) is 67.4 Å². The summed E-state index contributed by atoms with van der Waals surface area (Å²) in [7, 11) is 3.53. The van der Waals surface area contributed by atoms with E-state index < -0.39 is 0 Å². The minimum Gasteiger partial charge on any atom is -0.495 e. The lowest BCUT2D eigenvalue weighted by Crippen LogP contribution is -2.41. The van der Waals surface area contributed by atoms with Gasteiger partial charge in [-0.15, -0.1) is 0 Å². The maximum atomic E-state index is 5.58. The van der Waals surface area contributed by atoms with E-state index in [0.29, 0.717) is 25.7 Å². The molecule has 164 valence electrons. The van der Waals surface area contributed by atoms with Gasteiger partial charge in [0.1, 0.15) is 5.75 Å². The molecule has 1 aliphatic rings. The second-order valence-corrected chi connectivity index (χ2v) is 7.23. The zero-order chi connectivity index (χ0) is 20.7. The maximum Gasteiger partial charge on any atom is 0.191 e. The number of rotatable bonds is 13. The molecule has 0 bridgehead atoms. The van der Waals surface area contributed by atoms with Gasteiger partial charge in [-0.3, -0.25) is 4.99 Å². The summed E-state index contributed by atoms with van der Waals surface area (Å²) in [6.07, 6.45) is 3.43. The van der Waals surface area contributed by atoms with Gasteiger partial charge in [-0.25, -0.2) is 0 Å². The molecule has 0 spiro atoms. The fraction of sp³-hybridized carbons (Fsp3) is 0.682. The number of methoxy groups -OCH3 is 1. The summed E-state index contributed by atoms with van der Waals surface area (Å²) in [4.78, 5) is 6.70. The third-order valence-corrected chi connectivity index (χ3v) is 5.05. The van der Waals surface area contributed by atoms with Gasteiger partial charge in [-0.05, 0) is 30.9 Å². The van der Waals surface area contributed by atoms with Crippen molar-refractivity contribution in [3.8, 4) is 5.75 Å². The molecule has 1 aromatic rings. The molecule has 0 aromatic heterocycles. The molecule has 0 aliphatic carbocycles. The number of hydrogen-bond donors (Lipinski definition) is 2. The van der Waals surface area contributed by atoms with Gasteiger partial charge in [0, 0.05) is 39.8 Å². The third kappa shape index (κ3) is 8.50. The van der Waals surface area contributed by atoms with Crippen LogP contribution in [0.5, 0.6) is 5.75 Å². The summed E-state index contributed by atoms with van der Waals surface area (Å²) in [6, 6.07) is 8.22. The predicted molar refractivity (Wildman–Crippen MR) is 119 cm³/mol. The van der Waals surface area contributed by atoms with Crippen LogP contribution in [0.2, 0.25) is 0 Å². The van der Waals surface area contributed by atoms with Crippen molar-refractivity contribution in [1.82, 2.24) is 10.6 Å². The SMILES string of the molecule is CCCCOCCOCCNC(=NC)NCC1CCN(c2ccccc2OC)C1. The van der Waals surface area contributed by atoms with Gasteiger partial charge in [0.15, 0.2) is 5.96 Å². The quantitative estimate of drug-likeness (QED) is 0.298. The predicted octanol–water partition coefficient (Wildman–Crippen LogP) is 2.52. The molecule has 1 saturated heterocycles. The Balaban J connectivity index is 1.59. The highest BCUT2D eigenvalue weighted by Crippen LogP contribution is 2.31. The number of para-hydroxylation sites is 2. The molecule has 7 nitrogen and oxygen atoms in total. The average molecular weight is 407 g/mol. The van der Waals surface area contributed by atoms with Crippen LogP contribution in [-0.2, 0) is 9.47 Å². The first-order valence-corrected chi connectivity index (χ1v) is 10.8. The molecule has 1 aliphatic heterocycles. The molecule has 7 heteroatoms. The largest absolute Gasteiger partial charge is 0.495 e. The van der Waals surface area contributed by atoms with E-state index in [1.807, 2.05) is 12.1 Å². The van der Waals surface area contributed by atoms with Gasteiger partial charge < -0.3 is 29.7 Å². The van der Waals surface area contributed by atoms with Crippen molar-refractivity contribution in [3.63, 3.8) is 0 Å². The number of ether oxygens (including phenoxy) is 3. The first kappa shape index (κ1) is 23.3. The second-order valence-electron chi connectivity index (χ2n) is 7.23. The Morgan fingerprint density at radius 3 is 2.69 bits per heavy atom. The summed E-state index contributed by atoms with van der Waals surface area (Å²) in [5, 5.41) is 6.74. The zero-order valence-corrected chi connectivity index (χ0v) is 18.3. The van der Waals surface area contributed by atoms with Crippen LogP contribution in [0, 0.1) is 5.92 Å². The van der Waals surface area contributed by atoms with Crippen LogP contribution in [0.4, 0.5) is 5.69 Å². The number of benzene rings is 1. The molecule has 0 radical (unpaired) electrons. The summed E-state index contributed by atoms with van der Waals surface area (Å²) in [6.45, 7) is 8.63. The molecule has 1 fully saturated rings. The Kier molecular flexibility index (Phi) is 11.3. The Morgan fingerprint density at radius 2 is 1.93 bits per heavy atom. The van der Waals surface area contributed by atoms with Gasteiger partial charge >= 0.3 is 0 Å². The van der Waals surface area contributed by atoms with Crippen molar-refractivity contribution in [2.24, 2.45) is 10.9 Å². The molecule has 1 aromatic carbocycles. The Bertz CT molecular complexity index is 597. The van der Waals surface area contributed by atoms with Crippen molar-refractivity contribution in [3.05, 3.63) is 24.3 Å². The van der Waals surface area contributed by atoms with Crippen molar-refractivity contribution >= 4 is 11.6 Å². The molecule has 0 saturated carbocycles. The average Bonchev–Trinajstić information content (AvgIpc) is 3.23. The van der Waals surface area contributed by atoms with Gasteiger partial charge in [-0.1, -0.05) is 25.5 Å². The van der Waals surface area contributed by atoms with E-state index in [1.54, 1.807) is 14.2 Å². The highest BCUT2D eigenvalue weighted by molar-refractivity contribution is 5.79. The molecule has 2 rings (SSSR count). The molecule has 1 unspecified atom stereocenters. The van der Waals surface area contributed by atoms with Crippen LogP contribution in [-0.4, -0.2) is 72.7 Å². The van der Waals surface area contributed by atoms with Crippen molar-refractivity contribution < 1.29 is 14.2 Å². The first-order valence-electron chi connectivity index (χ1n) is 10.8. The highest BCUT2D eigenvalue weighted by Gasteiger charge is 2.24. The maximum absolute atomic E-state index is 5.58. The lowest BCUT2D eigenvalue weighted by molar-refractivity contribution is 0.0487. The van der Waals surface area contributed by atoms with E-state index >= 15 is 0 Å². The van der Waals surface area contributed by atoms with Crippen molar-refractivity contribution in [2.75, 3.05) is 71.7 Å². The van der Waals surface area contributed by atoms with E-state index in [9.17, 15) is 0 Å².